The highest BCUT2D eigenvalue weighted by Gasteiger charge is 2.57. The van der Waals surface area contributed by atoms with Crippen LogP contribution in [0.1, 0.15) is 24.1 Å². The molecule has 8 heteroatoms. The average Bonchev–Trinajstić information content (AvgIpc) is 2.92. The van der Waals surface area contributed by atoms with Gasteiger partial charge in [0.2, 0.25) is 0 Å². The van der Waals surface area contributed by atoms with E-state index in [1.165, 1.54) is 4.90 Å². The molecule has 0 atom stereocenters. The van der Waals surface area contributed by atoms with Crippen LogP contribution in [0.5, 0.6) is 0 Å². The maximum absolute atomic E-state index is 13.3. The minimum atomic E-state index is -0.874. The summed E-state index contributed by atoms with van der Waals surface area (Å²) in [6.45, 7) is 3.32. The van der Waals surface area contributed by atoms with E-state index < -0.39 is 5.54 Å². The first-order chi connectivity index (χ1) is 14.0. The lowest BCUT2D eigenvalue weighted by Crippen LogP contribution is -2.56. The second-order valence-electron chi connectivity index (χ2n) is 7.57. The molecule has 2 fully saturated rings. The zero-order chi connectivity index (χ0) is 20.4. The summed E-state index contributed by atoms with van der Waals surface area (Å²) in [5.41, 5.74) is 0.996. The van der Waals surface area contributed by atoms with Crippen LogP contribution in [-0.2, 0) is 11.3 Å². The first-order valence-electron chi connectivity index (χ1n) is 9.87. The van der Waals surface area contributed by atoms with E-state index in [4.69, 9.17) is 0 Å². The van der Waals surface area contributed by atoms with Crippen molar-refractivity contribution < 1.29 is 14.7 Å². The van der Waals surface area contributed by atoms with E-state index in [1.54, 1.807) is 11.2 Å². The summed E-state index contributed by atoms with van der Waals surface area (Å²) in [4.78, 5) is 39.9. The lowest BCUT2D eigenvalue weighted by molar-refractivity contribution is -0.134. The Balaban J connectivity index is 1.60. The summed E-state index contributed by atoms with van der Waals surface area (Å²) in [6, 6.07) is 11.3. The number of aryl methyl sites for hydroxylation is 1. The Kier molecular flexibility index (Phi) is 5.19. The van der Waals surface area contributed by atoms with Crippen molar-refractivity contribution in [3.05, 3.63) is 54.0 Å². The maximum Gasteiger partial charge on any atom is 0.328 e. The number of β-amino-alcohol motifs (C(OH)–C–C–N with tert-alkyl or cyclic N) is 1. The van der Waals surface area contributed by atoms with Crippen LogP contribution in [0, 0.1) is 6.92 Å². The molecule has 0 unspecified atom stereocenters. The molecule has 1 spiro atoms. The second-order valence-corrected chi connectivity index (χ2v) is 7.57. The molecule has 4 rings (SSSR count). The molecule has 2 saturated heterocycles. The van der Waals surface area contributed by atoms with Gasteiger partial charge in [0.25, 0.3) is 5.91 Å². The number of piperidine rings is 1. The van der Waals surface area contributed by atoms with E-state index in [9.17, 15) is 14.7 Å². The third kappa shape index (κ3) is 3.44. The van der Waals surface area contributed by atoms with E-state index >= 15 is 0 Å². The molecule has 1 aromatic heterocycles. The van der Waals surface area contributed by atoms with Gasteiger partial charge < -0.3 is 14.9 Å². The zero-order valence-electron chi connectivity index (χ0n) is 16.5. The molecule has 1 aromatic carbocycles. The minimum absolute atomic E-state index is 0.0273. The molecule has 8 nitrogen and oxygen atoms in total. The van der Waals surface area contributed by atoms with Gasteiger partial charge in [-0.05, 0) is 25.3 Å². The largest absolute Gasteiger partial charge is 0.395 e. The quantitative estimate of drug-likeness (QED) is 0.773. The van der Waals surface area contributed by atoms with Crippen LogP contribution in [0.3, 0.4) is 0 Å². The molecule has 1 N–H and O–H groups in total. The van der Waals surface area contributed by atoms with Gasteiger partial charge >= 0.3 is 6.03 Å². The normalized spacial score (nSPS) is 18.8. The SMILES string of the molecule is Cc1cc(N2CCC3(CC2)C(=O)N(CCO)C(=O)N3Cc2ccccc2)ncn1. The molecule has 0 saturated carbocycles. The fourth-order valence-corrected chi connectivity index (χ4v) is 4.27. The molecule has 2 aromatic rings. The Bertz CT molecular complexity index is 896. The molecular formula is C21H25N5O3. The third-order valence-electron chi connectivity index (χ3n) is 5.83. The second kappa shape index (κ2) is 7.79. The Morgan fingerprint density at radius 3 is 2.48 bits per heavy atom. The van der Waals surface area contributed by atoms with Gasteiger partial charge in [-0.25, -0.2) is 14.8 Å². The molecule has 0 aliphatic carbocycles. The first kappa shape index (κ1) is 19.3. The minimum Gasteiger partial charge on any atom is -0.395 e. The van der Waals surface area contributed by atoms with Crippen LogP contribution in [-0.4, -0.2) is 68.6 Å². The number of carbonyl (C=O) groups is 2. The van der Waals surface area contributed by atoms with Crippen molar-refractivity contribution in [2.45, 2.75) is 31.8 Å². The first-order valence-corrected chi connectivity index (χ1v) is 9.87. The van der Waals surface area contributed by atoms with Crippen molar-refractivity contribution in [3.8, 4) is 0 Å². The topological polar surface area (TPSA) is 89.9 Å². The van der Waals surface area contributed by atoms with Crippen LogP contribution in [0.2, 0.25) is 0 Å². The maximum atomic E-state index is 13.3. The summed E-state index contributed by atoms with van der Waals surface area (Å²) in [7, 11) is 0. The Morgan fingerprint density at radius 2 is 1.83 bits per heavy atom. The number of hydrogen-bond donors (Lipinski definition) is 1. The van der Waals surface area contributed by atoms with Gasteiger partial charge in [0, 0.05) is 31.4 Å². The summed E-state index contributed by atoms with van der Waals surface area (Å²) < 4.78 is 0. The van der Waals surface area contributed by atoms with Crippen LogP contribution in [0.15, 0.2) is 42.7 Å². The van der Waals surface area contributed by atoms with E-state index in [0.717, 1.165) is 17.1 Å². The number of imide groups is 1. The summed E-state index contributed by atoms with van der Waals surface area (Å²) >= 11 is 0. The number of hydrogen-bond acceptors (Lipinski definition) is 6. The van der Waals surface area contributed by atoms with Crippen molar-refractivity contribution in [3.63, 3.8) is 0 Å². The van der Waals surface area contributed by atoms with Crippen molar-refractivity contribution >= 4 is 17.8 Å². The van der Waals surface area contributed by atoms with Crippen LogP contribution in [0.4, 0.5) is 10.6 Å². The Hall–Kier alpha value is -3.00. The molecule has 3 heterocycles. The number of aromatic nitrogens is 2. The number of anilines is 1. The number of benzene rings is 1. The van der Waals surface area contributed by atoms with Crippen molar-refractivity contribution in [1.82, 2.24) is 19.8 Å². The van der Waals surface area contributed by atoms with Gasteiger partial charge in [0.1, 0.15) is 17.7 Å². The van der Waals surface area contributed by atoms with E-state index in [-0.39, 0.29) is 25.1 Å². The molecule has 152 valence electrons. The zero-order valence-corrected chi connectivity index (χ0v) is 16.5. The van der Waals surface area contributed by atoms with Gasteiger partial charge in [-0.2, -0.15) is 0 Å². The van der Waals surface area contributed by atoms with E-state index in [0.29, 0.717) is 32.5 Å². The van der Waals surface area contributed by atoms with Gasteiger partial charge in [0.15, 0.2) is 0 Å². The van der Waals surface area contributed by atoms with Crippen LogP contribution >= 0.6 is 0 Å². The van der Waals surface area contributed by atoms with Crippen molar-refractivity contribution in [2.75, 3.05) is 31.1 Å². The number of nitrogens with zero attached hydrogens (tertiary/aromatic N) is 5. The number of aliphatic hydroxyl groups is 1. The highest BCUT2D eigenvalue weighted by molar-refractivity contribution is 6.07. The molecular weight excluding hydrogens is 370 g/mol. The molecule has 3 amide bonds. The van der Waals surface area contributed by atoms with Crippen molar-refractivity contribution in [2.24, 2.45) is 0 Å². The Labute approximate surface area is 169 Å². The third-order valence-corrected chi connectivity index (χ3v) is 5.83. The fraction of sp³-hybridized carbons (Fsp3) is 0.429. The highest BCUT2D eigenvalue weighted by atomic mass is 16.3. The van der Waals surface area contributed by atoms with Crippen LogP contribution < -0.4 is 4.90 Å². The molecule has 0 radical (unpaired) electrons. The number of urea groups is 1. The van der Waals surface area contributed by atoms with E-state index in [1.807, 2.05) is 43.3 Å². The van der Waals surface area contributed by atoms with Gasteiger partial charge in [-0.3, -0.25) is 9.69 Å². The number of aliphatic hydroxyl groups excluding tert-OH is 1. The van der Waals surface area contributed by atoms with Gasteiger partial charge in [-0.15, -0.1) is 0 Å². The highest BCUT2D eigenvalue weighted by Crippen LogP contribution is 2.39. The summed E-state index contributed by atoms with van der Waals surface area (Å²) in [5, 5.41) is 9.35. The molecule has 0 bridgehead atoms. The smallest absolute Gasteiger partial charge is 0.328 e. The molecule has 2 aliphatic heterocycles. The predicted molar refractivity (Wildman–Crippen MR) is 107 cm³/mol. The number of rotatable bonds is 5. The lowest BCUT2D eigenvalue weighted by atomic mass is 9.85. The van der Waals surface area contributed by atoms with Crippen LogP contribution in [0.25, 0.3) is 0 Å². The Morgan fingerprint density at radius 1 is 1.10 bits per heavy atom. The molecule has 29 heavy (non-hydrogen) atoms. The number of carbonyl (C=O) groups excluding carboxylic acids is 2. The molecule has 2 aliphatic rings. The fourth-order valence-electron chi connectivity index (χ4n) is 4.27. The number of amides is 3. The van der Waals surface area contributed by atoms with Gasteiger partial charge in [0.05, 0.1) is 13.2 Å². The summed E-state index contributed by atoms with van der Waals surface area (Å²) in [5.74, 6) is 0.636. The lowest BCUT2D eigenvalue weighted by Gasteiger charge is -2.42. The van der Waals surface area contributed by atoms with E-state index in [2.05, 4.69) is 14.9 Å². The standard InChI is InChI=1S/C21H25N5O3/c1-16-13-18(23-15-22-16)24-9-7-21(8-10-24)19(28)25(11-12-27)20(29)26(21)14-17-5-3-2-4-6-17/h2-6,13,15,27H,7-12,14H2,1H3. The predicted octanol–water partition coefficient (Wildman–Crippen LogP) is 1.58. The van der Waals surface area contributed by atoms with Gasteiger partial charge in [-0.1, -0.05) is 30.3 Å². The average molecular weight is 395 g/mol. The summed E-state index contributed by atoms with van der Waals surface area (Å²) in [6.07, 6.45) is 2.59. The monoisotopic (exact) mass is 395 g/mol. The van der Waals surface area contributed by atoms with Crippen molar-refractivity contribution in [1.29, 1.82) is 0 Å².